The number of hydrogen-bond donors (Lipinski definition) is 1. The van der Waals surface area contributed by atoms with Crippen LogP contribution < -0.4 is 5.32 Å². The van der Waals surface area contributed by atoms with Crippen molar-refractivity contribution >= 4 is 57.0 Å². The molecule has 158 valence electrons. The summed E-state index contributed by atoms with van der Waals surface area (Å²) in [6.07, 6.45) is 0. The third kappa shape index (κ3) is 4.17. The molecule has 0 atom stereocenters. The number of thioether (sulfide) groups is 1. The van der Waals surface area contributed by atoms with Gasteiger partial charge in [0.15, 0.2) is 5.65 Å². The predicted octanol–water partition coefficient (Wildman–Crippen LogP) is 5.41. The van der Waals surface area contributed by atoms with E-state index >= 15 is 0 Å². The van der Waals surface area contributed by atoms with Gasteiger partial charge in [-0.05, 0) is 29.8 Å². The van der Waals surface area contributed by atoms with Crippen molar-refractivity contribution in [2.24, 2.45) is 0 Å². The van der Waals surface area contributed by atoms with Crippen LogP contribution in [0.5, 0.6) is 0 Å². The van der Waals surface area contributed by atoms with Gasteiger partial charge in [0.1, 0.15) is 5.52 Å². The van der Waals surface area contributed by atoms with Crippen LogP contribution in [-0.4, -0.2) is 31.4 Å². The highest BCUT2D eigenvalue weighted by Crippen LogP contribution is 2.29. The number of nitrogens with one attached hydrogen (secondary N) is 1. The number of hydrogen-bond acceptors (Lipinski definition) is 5. The summed E-state index contributed by atoms with van der Waals surface area (Å²) in [5.41, 5.74) is 4.20. The Balaban J connectivity index is 1.45. The summed E-state index contributed by atoms with van der Waals surface area (Å²) < 4.78 is 2.09. The van der Waals surface area contributed by atoms with Crippen LogP contribution in [0.15, 0.2) is 84.0 Å². The van der Waals surface area contributed by atoms with Crippen LogP contribution in [0.2, 0.25) is 5.02 Å². The van der Waals surface area contributed by atoms with E-state index in [1.54, 1.807) is 0 Å². The van der Waals surface area contributed by atoms with E-state index < -0.39 is 0 Å². The summed E-state index contributed by atoms with van der Waals surface area (Å²) >= 11 is 7.67. The average Bonchev–Trinajstić information content (AvgIpc) is 3.13. The van der Waals surface area contributed by atoms with Crippen molar-refractivity contribution in [1.82, 2.24) is 19.7 Å². The molecular formula is C24H18ClN5OS. The highest BCUT2D eigenvalue weighted by atomic mass is 35.5. The number of aromatic nitrogens is 4. The minimum atomic E-state index is -0.124. The predicted molar refractivity (Wildman–Crippen MR) is 129 cm³/mol. The average molecular weight is 460 g/mol. The van der Waals surface area contributed by atoms with Crippen molar-refractivity contribution < 1.29 is 4.79 Å². The lowest BCUT2D eigenvalue weighted by molar-refractivity contribution is -0.113. The lowest BCUT2D eigenvalue weighted by Gasteiger charge is -2.09. The Bertz CT molecular complexity index is 1420. The van der Waals surface area contributed by atoms with E-state index in [-0.39, 0.29) is 11.7 Å². The zero-order chi connectivity index (χ0) is 21.9. The van der Waals surface area contributed by atoms with Crippen molar-refractivity contribution in [3.8, 4) is 0 Å². The second-order valence-corrected chi connectivity index (χ2v) is 8.51. The maximum absolute atomic E-state index is 12.3. The molecule has 2 heterocycles. The summed E-state index contributed by atoms with van der Waals surface area (Å²) in [7, 11) is 0. The number of anilines is 1. The number of nitrogens with zero attached hydrogens (tertiary/aromatic N) is 4. The molecule has 0 aliphatic heterocycles. The molecule has 6 nitrogen and oxygen atoms in total. The lowest BCUT2D eigenvalue weighted by Crippen LogP contribution is -2.14. The third-order valence-corrected chi connectivity index (χ3v) is 6.24. The van der Waals surface area contributed by atoms with E-state index in [0.717, 1.165) is 27.7 Å². The van der Waals surface area contributed by atoms with Crippen molar-refractivity contribution in [2.75, 3.05) is 11.1 Å². The minimum Gasteiger partial charge on any atom is -0.325 e. The number of fused-ring (bicyclic) bond motifs is 3. The smallest absolute Gasteiger partial charge is 0.234 e. The molecule has 0 aliphatic rings. The first-order valence-corrected chi connectivity index (χ1v) is 11.4. The molecule has 0 unspecified atom stereocenters. The van der Waals surface area contributed by atoms with Gasteiger partial charge in [0.2, 0.25) is 11.1 Å². The van der Waals surface area contributed by atoms with E-state index in [1.807, 2.05) is 78.9 Å². The van der Waals surface area contributed by atoms with E-state index in [2.05, 4.69) is 20.1 Å². The fourth-order valence-electron chi connectivity index (χ4n) is 3.56. The van der Waals surface area contributed by atoms with E-state index in [0.29, 0.717) is 22.4 Å². The first kappa shape index (κ1) is 20.5. The number of para-hydroxylation sites is 2. The third-order valence-electron chi connectivity index (χ3n) is 5.03. The van der Waals surface area contributed by atoms with Gasteiger partial charge >= 0.3 is 0 Å². The zero-order valence-corrected chi connectivity index (χ0v) is 18.5. The summed E-state index contributed by atoms with van der Waals surface area (Å²) in [5.74, 6) is 0.0637. The topological polar surface area (TPSA) is 72.7 Å². The molecule has 5 aromatic rings. The molecule has 0 bridgehead atoms. The van der Waals surface area contributed by atoms with Crippen LogP contribution in [0.4, 0.5) is 5.69 Å². The molecule has 1 N–H and O–H groups in total. The van der Waals surface area contributed by atoms with Crippen molar-refractivity contribution in [3.05, 3.63) is 89.4 Å². The zero-order valence-electron chi connectivity index (χ0n) is 16.9. The summed E-state index contributed by atoms with van der Waals surface area (Å²) in [6, 6.07) is 25.1. The second kappa shape index (κ2) is 8.98. The Hall–Kier alpha value is -3.42. The fourth-order valence-corrected chi connectivity index (χ4v) is 4.33. The number of carbonyl (C=O) groups excluding carboxylic acids is 1. The molecule has 5 rings (SSSR count). The maximum Gasteiger partial charge on any atom is 0.234 e. The van der Waals surface area contributed by atoms with Crippen LogP contribution in [0, 0.1) is 0 Å². The molecule has 0 saturated carbocycles. The lowest BCUT2D eigenvalue weighted by atomic mass is 10.2. The summed E-state index contributed by atoms with van der Waals surface area (Å²) in [5, 5.41) is 13.7. The van der Waals surface area contributed by atoms with Gasteiger partial charge in [-0.2, -0.15) is 0 Å². The molecular weight excluding hydrogens is 442 g/mol. The van der Waals surface area contributed by atoms with Crippen LogP contribution in [-0.2, 0) is 11.3 Å². The highest BCUT2D eigenvalue weighted by molar-refractivity contribution is 7.99. The van der Waals surface area contributed by atoms with Gasteiger partial charge in [0.05, 0.1) is 17.8 Å². The number of rotatable bonds is 6. The highest BCUT2D eigenvalue weighted by Gasteiger charge is 2.16. The molecule has 0 aliphatic carbocycles. The fraction of sp³-hybridized carbons (Fsp3) is 0.0833. The standard InChI is InChI=1S/C24H18ClN5OS/c25-19-12-6-4-8-16(19)14-30-20-13-7-5-11-18(20)22-23(30)27-24(29-28-22)32-15-21(31)26-17-9-2-1-3-10-17/h1-13H,14-15H2,(H,26,31). The van der Waals surface area contributed by atoms with E-state index in [1.165, 1.54) is 11.8 Å². The number of amides is 1. The Labute approximate surface area is 193 Å². The molecule has 0 saturated heterocycles. The van der Waals surface area contributed by atoms with Crippen molar-refractivity contribution in [3.63, 3.8) is 0 Å². The maximum atomic E-state index is 12.3. The Morgan fingerprint density at radius 3 is 2.53 bits per heavy atom. The van der Waals surface area contributed by atoms with Crippen LogP contribution in [0.1, 0.15) is 5.56 Å². The summed E-state index contributed by atoms with van der Waals surface area (Å²) in [6.45, 7) is 0.557. The Morgan fingerprint density at radius 1 is 0.938 bits per heavy atom. The van der Waals surface area contributed by atoms with Gasteiger partial charge in [0.25, 0.3) is 0 Å². The second-order valence-electron chi connectivity index (χ2n) is 7.16. The van der Waals surface area contributed by atoms with E-state index in [4.69, 9.17) is 16.6 Å². The minimum absolute atomic E-state index is 0.124. The quantitative estimate of drug-likeness (QED) is 0.343. The monoisotopic (exact) mass is 459 g/mol. The first-order valence-electron chi connectivity index (χ1n) is 10.0. The van der Waals surface area contributed by atoms with E-state index in [9.17, 15) is 4.79 Å². The van der Waals surface area contributed by atoms with Gasteiger partial charge in [-0.3, -0.25) is 4.79 Å². The largest absolute Gasteiger partial charge is 0.325 e. The molecule has 0 radical (unpaired) electrons. The Morgan fingerprint density at radius 2 is 1.69 bits per heavy atom. The molecule has 0 fully saturated rings. The molecule has 1 amide bonds. The molecule has 32 heavy (non-hydrogen) atoms. The van der Waals surface area contributed by atoms with Crippen molar-refractivity contribution in [2.45, 2.75) is 11.7 Å². The van der Waals surface area contributed by atoms with Gasteiger partial charge in [-0.1, -0.05) is 78.0 Å². The molecule has 8 heteroatoms. The van der Waals surface area contributed by atoms with Crippen LogP contribution in [0.25, 0.3) is 22.1 Å². The van der Waals surface area contributed by atoms with Gasteiger partial charge in [-0.25, -0.2) is 4.98 Å². The number of carbonyl (C=O) groups is 1. The number of benzene rings is 3. The molecule has 3 aromatic carbocycles. The Kier molecular flexibility index (Phi) is 5.75. The molecule has 0 spiro atoms. The van der Waals surface area contributed by atoms with Gasteiger partial charge < -0.3 is 9.88 Å². The van der Waals surface area contributed by atoms with Gasteiger partial charge in [-0.15, -0.1) is 10.2 Å². The number of halogens is 1. The molecule has 2 aromatic heterocycles. The SMILES string of the molecule is O=C(CSc1nnc2c3ccccc3n(Cc3ccccc3Cl)c2n1)Nc1ccccc1. The van der Waals surface area contributed by atoms with Crippen LogP contribution in [0.3, 0.4) is 0 Å². The summed E-state index contributed by atoms with van der Waals surface area (Å²) in [4.78, 5) is 17.1. The van der Waals surface area contributed by atoms with Crippen LogP contribution >= 0.6 is 23.4 Å². The van der Waals surface area contributed by atoms with Crippen molar-refractivity contribution in [1.29, 1.82) is 0 Å². The first-order chi connectivity index (χ1) is 15.7. The normalized spacial score (nSPS) is 11.2. The van der Waals surface area contributed by atoms with Gasteiger partial charge in [0, 0.05) is 16.1 Å².